The number of imidazole rings is 1. The van der Waals surface area contributed by atoms with Gasteiger partial charge in [-0.05, 0) is 55.7 Å². The van der Waals surface area contributed by atoms with Gasteiger partial charge < -0.3 is 19.9 Å². The van der Waals surface area contributed by atoms with E-state index >= 15 is 0 Å². The number of anilines is 2. The molecule has 1 amide bonds. The summed E-state index contributed by atoms with van der Waals surface area (Å²) in [5.74, 6) is 0.332. The third-order valence-electron chi connectivity index (χ3n) is 6.76. The van der Waals surface area contributed by atoms with E-state index in [2.05, 4.69) is 25.7 Å². The summed E-state index contributed by atoms with van der Waals surface area (Å²) in [7, 11) is 1.60. The molecular formula is C30H31N7O3. The monoisotopic (exact) mass is 537 g/mol. The molecule has 0 aliphatic rings. The number of nitrogens with zero attached hydrogens (tertiary/aromatic N) is 5. The third kappa shape index (κ3) is 5.62. The number of hydrogen-bond acceptors (Lipinski definition) is 7. The molecule has 0 unspecified atom stereocenters. The lowest BCUT2D eigenvalue weighted by Crippen LogP contribution is -2.35. The van der Waals surface area contributed by atoms with Crippen LogP contribution in [0.15, 0.2) is 73.7 Å². The van der Waals surface area contributed by atoms with Gasteiger partial charge in [0, 0.05) is 55.1 Å². The number of carbonyl (C=O) groups is 2. The number of aryl methyl sites for hydroxylation is 2. The number of methoxy groups -OCH3 is 1. The number of benzene rings is 2. The quantitative estimate of drug-likeness (QED) is 0.253. The van der Waals surface area contributed by atoms with E-state index in [1.165, 1.54) is 6.33 Å². The molecule has 0 spiro atoms. The van der Waals surface area contributed by atoms with E-state index in [0.29, 0.717) is 29.1 Å². The number of nitrogens with one attached hydrogen (secondary N) is 2. The number of fused-ring (bicyclic) bond motifs is 1. The maximum absolute atomic E-state index is 13.3. The number of carbonyl (C=O) groups excluding carboxylic acids is 2. The van der Waals surface area contributed by atoms with Crippen LogP contribution in [0.2, 0.25) is 0 Å². The Kier molecular flexibility index (Phi) is 7.70. The fourth-order valence-corrected chi connectivity index (χ4v) is 4.66. The average molecular weight is 538 g/mol. The number of Topliss-reactive ketones (excluding diaryl/α,β-unsaturated/α-hetero) is 1. The molecule has 2 aromatic carbocycles. The van der Waals surface area contributed by atoms with Crippen molar-refractivity contribution in [2.45, 2.75) is 33.2 Å². The Hall–Kier alpha value is -4.83. The molecule has 10 nitrogen and oxygen atoms in total. The van der Waals surface area contributed by atoms with Crippen LogP contribution in [-0.4, -0.2) is 55.6 Å². The molecule has 0 saturated carbocycles. The van der Waals surface area contributed by atoms with E-state index in [1.807, 2.05) is 74.0 Å². The van der Waals surface area contributed by atoms with Gasteiger partial charge in [0.1, 0.15) is 11.8 Å². The topological polar surface area (TPSA) is 115 Å². The van der Waals surface area contributed by atoms with Crippen molar-refractivity contribution in [2.24, 2.45) is 0 Å². The molecule has 0 aliphatic carbocycles. The molecule has 2 N–H and O–H groups in total. The molecule has 5 aromatic rings. The zero-order valence-electron chi connectivity index (χ0n) is 22.9. The summed E-state index contributed by atoms with van der Waals surface area (Å²) in [4.78, 5) is 34.7. The van der Waals surface area contributed by atoms with Gasteiger partial charge in [-0.25, -0.2) is 14.5 Å². The first kappa shape index (κ1) is 26.8. The maximum atomic E-state index is 13.3. The van der Waals surface area contributed by atoms with Crippen LogP contribution in [0.4, 0.5) is 11.5 Å². The van der Waals surface area contributed by atoms with Gasteiger partial charge in [-0.15, -0.1) is 0 Å². The minimum absolute atomic E-state index is 0.00154. The summed E-state index contributed by atoms with van der Waals surface area (Å²) in [6, 6.07) is 13.3. The molecule has 0 aliphatic heterocycles. The molecule has 1 atom stereocenters. The van der Waals surface area contributed by atoms with Crippen molar-refractivity contribution in [2.75, 3.05) is 19.0 Å². The summed E-state index contributed by atoms with van der Waals surface area (Å²) in [6.45, 7) is 6.12. The van der Waals surface area contributed by atoms with Crippen LogP contribution in [0.25, 0.3) is 11.2 Å². The van der Waals surface area contributed by atoms with Crippen LogP contribution < -0.4 is 10.6 Å². The van der Waals surface area contributed by atoms with E-state index in [0.717, 1.165) is 28.1 Å². The average Bonchev–Trinajstić information content (AvgIpc) is 3.59. The molecule has 0 radical (unpaired) electrons. The minimum atomic E-state index is -0.209. The first-order chi connectivity index (χ1) is 19.3. The highest BCUT2D eigenvalue weighted by Crippen LogP contribution is 2.28. The summed E-state index contributed by atoms with van der Waals surface area (Å²) in [5, 5.41) is 10.6. The maximum Gasteiger partial charge on any atom is 0.253 e. The second-order valence-corrected chi connectivity index (χ2v) is 9.79. The Morgan fingerprint density at radius 2 is 1.98 bits per heavy atom. The van der Waals surface area contributed by atoms with Crippen molar-refractivity contribution >= 4 is 28.7 Å². The van der Waals surface area contributed by atoms with E-state index in [1.54, 1.807) is 30.3 Å². The number of amides is 1. The lowest BCUT2D eigenvalue weighted by Gasteiger charge is -2.13. The highest BCUT2D eigenvalue weighted by Gasteiger charge is 2.20. The number of rotatable bonds is 10. The first-order valence-electron chi connectivity index (χ1n) is 12.9. The zero-order valence-corrected chi connectivity index (χ0v) is 22.9. The second-order valence-electron chi connectivity index (χ2n) is 9.79. The van der Waals surface area contributed by atoms with Gasteiger partial charge in [-0.1, -0.05) is 24.3 Å². The standard InChI is InChI=1S/C30H31N7O3/c1-19-8-9-23(27(38)13-22-6-5-7-24(12-22)36-11-10-31-18-36)14-26(19)35-29-28-21(3)25(15-37(28)33-17-32-29)30(39)34-20(2)16-40-4/h5-12,14-15,17-18,20H,13,16H2,1-4H3,(H,34,39)(H,32,33,35)/t20-/m0/s1. The Morgan fingerprint density at radius 1 is 1.12 bits per heavy atom. The van der Waals surface area contributed by atoms with Crippen molar-refractivity contribution in [1.82, 2.24) is 29.5 Å². The largest absolute Gasteiger partial charge is 0.383 e. The molecule has 3 aromatic heterocycles. The van der Waals surface area contributed by atoms with Gasteiger partial charge >= 0.3 is 0 Å². The van der Waals surface area contributed by atoms with Crippen molar-refractivity contribution in [3.05, 3.63) is 102 Å². The van der Waals surface area contributed by atoms with Gasteiger partial charge in [-0.3, -0.25) is 9.59 Å². The van der Waals surface area contributed by atoms with Crippen molar-refractivity contribution < 1.29 is 14.3 Å². The lowest BCUT2D eigenvalue weighted by atomic mass is 10.0. The van der Waals surface area contributed by atoms with Gasteiger partial charge in [0.05, 0.1) is 18.5 Å². The summed E-state index contributed by atoms with van der Waals surface area (Å²) in [6.07, 6.45) is 8.71. The van der Waals surface area contributed by atoms with Crippen LogP contribution in [-0.2, 0) is 11.2 Å². The summed E-state index contributed by atoms with van der Waals surface area (Å²) in [5.41, 5.74) is 6.08. The smallest absolute Gasteiger partial charge is 0.253 e. The lowest BCUT2D eigenvalue weighted by molar-refractivity contribution is 0.0904. The predicted octanol–water partition coefficient (Wildman–Crippen LogP) is 4.47. The van der Waals surface area contributed by atoms with Crippen LogP contribution in [0.1, 0.15) is 44.3 Å². The van der Waals surface area contributed by atoms with E-state index in [4.69, 9.17) is 4.74 Å². The van der Waals surface area contributed by atoms with Gasteiger partial charge in [0.25, 0.3) is 5.91 Å². The highest BCUT2D eigenvalue weighted by atomic mass is 16.5. The predicted molar refractivity (Wildman–Crippen MR) is 153 cm³/mol. The Bertz CT molecular complexity index is 1670. The van der Waals surface area contributed by atoms with Crippen molar-refractivity contribution in [3.8, 4) is 5.69 Å². The molecular weight excluding hydrogens is 506 g/mol. The number of hydrogen-bond donors (Lipinski definition) is 2. The van der Waals surface area contributed by atoms with Crippen LogP contribution in [0, 0.1) is 13.8 Å². The highest BCUT2D eigenvalue weighted by molar-refractivity contribution is 6.00. The molecule has 3 heterocycles. The summed E-state index contributed by atoms with van der Waals surface area (Å²) < 4.78 is 8.67. The number of ketones is 1. The van der Waals surface area contributed by atoms with Gasteiger partial charge in [0.2, 0.25) is 0 Å². The normalized spacial score (nSPS) is 11.9. The minimum Gasteiger partial charge on any atom is -0.383 e. The molecule has 0 saturated heterocycles. The van der Waals surface area contributed by atoms with E-state index in [9.17, 15) is 9.59 Å². The fraction of sp³-hybridized carbons (Fsp3) is 0.233. The van der Waals surface area contributed by atoms with E-state index in [-0.39, 0.29) is 24.2 Å². The van der Waals surface area contributed by atoms with Crippen molar-refractivity contribution in [3.63, 3.8) is 0 Å². The molecule has 0 bridgehead atoms. The Labute approximate surface area is 232 Å². The zero-order chi connectivity index (χ0) is 28.2. The summed E-state index contributed by atoms with van der Waals surface area (Å²) >= 11 is 0. The second kappa shape index (κ2) is 11.5. The number of ether oxygens (including phenoxy) is 1. The Morgan fingerprint density at radius 3 is 2.75 bits per heavy atom. The molecule has 40 heavy (non-hydrogen) atoms. The van der Waals surface area contributed by atoms with Gasteiger partial charge in [-0.2, -0.15) is 5.10 Å². The molecule has 5 rings (SSSR count). The molecule has 10 heteroatoms. The van der Waals surface area contributed by atoms with Crippen LogP contribution in [0.5, 0.6) is 0 Å². The molecule has 0 fully saturated rings. The third-order valence-corrected chi connectivity index (χ3v) is 6.76. The fourth-order valence-electron chi connectivity index (χ4n) is 4.66. The first-order valence-corrected chi connectivity index (χ1v) is 12.9. The SMILES string of the molecule is COC[C@H](C)NC(=O)c1cn2ncnc(Nc3cc(C(=O)Cc4cccc(-n5ccnc5)c4)ccc3C)c2c1C. The molecule has 204 valence electrons. The van der Waals surface area contributed by atoms with Crippen LogP contribution >= 0.6 is 0 Å². The van der Waals surface area contributed by atoms with Crippen LogP contribution in [0.3, 0.4) is 0 Å². The van der Waals surface area contributed by atoms with E-state index < -0.39 is 0 Å². The van der Waals surface area contributed by atoms with Gasteiger partial charge in [0.15, 0.2) is 11.6 Å². The van der Waals surface area contributed by atoms with Crippen molar-refractivity contribution in [1.29, 1.82) is 0 Å². The Balaban J connectivity index is 1.39. The number of aromatic nitrogens is 5.